The number of nitrogens with zero attached hydrogens (tertiary/aromatic N) is 1. The second-order valence-electron chi connectivity index (χ2n) is 19.2. The second kappa shape index (κ2) is 26.8. The van der Waals surface area contributed by atoms with Crippen LogP contribution in [0.3, 0.4) is 0 Å². The number of unbranched alkanes of at least 4 members (excludes halogenated alkanes) is 1. The number of hydrogen-bond donors (Lipinski definition) is 9. The Morgan fingerprint density at radius 1 is 0.584 bits per heavy atom. The lowest BCUT2D eigenvalue weighted by molar-refractivity contribution is -0.143. The average Bonchev–Trinajstić information content (AvgIpc) is 4.08. The van der Waals surface area contributed by atoms with Crippen LogP contribution in [0.5, 0.6) is 5.75 Å². The third-order valence-electron chi connectivity index (χ3n) is 13.7. The molecule has 2 aliphatic rings. The number of ether oxygens (including phenoxy) is 2. The Labute approximate surface area is 446 Å². The van der Waals surface area contributed by atoms with Gasteiger partial charge in [0.25, 0.3) is 0 Å². The van der Waals surface area contributed by atoms with Crippen LogP contribution in [0.4, 0.5) is 4.79 Å². The minimum absolute atomic E-state index is 0.0385. The molecule has 7 amide bonds. The molecule has 2 fully saturated rings. The summed E-state index contributed by atoms with van der Waals surface area (Å²) < 4.78 is 11.8. The monoisotopic (exact) mass is 1050 g/mol. The van der Waals surface area contributed by atoms with E-state index in [2.05, 4.69) is 36.9 Å². The molecule has 11 N–H and O–H groups in total. The number of aromatic amines is 1. The minimum Gasteiger partial charge on any atom is -0.489 e. The van der Waals surface area contributed by atoms with Crippen LogP contribution in [0, 0.1) is 0 Å². The molecule has 1 aromatic heterocycles. The van der Waals surface area contributed by atoms with Gasteiger partial charge in [-0.15, -0.1) is 0 Å². The largest absolute Gasteiger partial charge is 0.489 e. The highest BCUT2D eigenvalue weighted by molar-refractivity contribution is 5.99. The normalized spacial score (nSPS) is 21.6. The Hall–Kier alpha value is -8.55. The Balaban J connectivity index is 1.19. The van der Waals surface area contributed by atoms with E-state index in [4.69, 9.17) is 20.9 Å². The fourth-order valence-electron chi connectivity index (χ4n) is 9.65. The summed E-state index contributed by atoms with van der Waals surface area (Å²) in [7, 11) is 0. The average molecular weight is 1050 g/mol. The van der Waals surface area contributed by atoms with Crippen LogP contribution in [-0.2, 0) is 59.4 Å². The van der Waals surface area contributed by atoms with Crippen molar-refractivity contribution in [2.45, 2.75) is 93.9 Å². The summed E-state index contributed by atoms with van der Waals surface area (Å²) in [6.07, 6.45) is 0.652. The maximum atomic E-state index is 15.3. The molecular formula is C58H66N10O9. The summed E-state index contributed by atoms with van der Waals surface area (Å²) in [4.78, 5) is 107. The number of nitrogens with one attached hydrogen (secondary N) is 7. The van der Waals surface area contributed by atoms with E-state index in [9.17, 15) is 24.0 Å². The van der Waals surface area contributed by atoms with Gasteiger partial charge < -0.3 is 62.7 Å². The molecule has 5 aromatic carbocycles. The van der Waals surface area contributed by atoms with Crippen molar-refractivity contribution in [2.24, 2.45) is 11.5 Å². The molecule has 3 heterocycles. The molecule has 6 aromatic rings. The highest BCUT2D eigenvalue weighted by atomic mass is 16.6. The number of benzene rings is 5. The van der Waals surface area contributed by atoms with Gasteiger partial charge in [-0.05, 0) is 71.8 Å². The zero-order valence-corrected chi connectivity index (χ0v) is 42.7. The number of fused-ring (bicyclic) bond motifs is 2. The van der Waals surface area contributed by atoms with Gasteiger partial charge in [-0.3, -0.25) is 28.8 Å². The van der Waals surface area contributed by atoms with Crippen LogP contribution >= 0.6 is 0 Å². The molecule has 19 nitrogen and oxygen atoms in total. The van der Waals surface area contributed by atoms with E-state index in [-0.39, 0.29) is 51.7 Å². The Morgan fingerprint density at radius 3 is 1.87 bits per heavy atom. The summed E-state index contributed by atoms with van der Waals surface area (Å²) >= 11 is 0. The van der Waals surface area contributed by atoms with Crippen LogP contribution in [0.2, 0.25) is 0 Å². The number of aromatic nitrogens is 1. The molecule has 2 saturated heterocycles. The molecule has 2 aliphatic heterocycles. The molecule has 0 bridgehead atoms. The summed E-state index contributed by atoms with van der Waals surface area (Å²) in [5, 5.41) is 17.9. The van der Waals surface area contributed by atoms with Crippen molar-refractivity contribution in [2.75, 3.05) is 26.2 Å². The maximum absolute atomic E-state index is 15.3. The first-order valence-electron chi connectivity index (χ1n) is 26.0. The predicted octanol–water partition coefficient (Wildman–Crippen LogP) is 3.37. The van der Waals surface area contributed by atoms with Gasteiger partial charge in [0, 0.05) is 55.9 Å². The van der Waals surface area contributed by atoms with E-state index in [1.54, 1.807) is 85.1 Å². The molecule has 0 spiro atoms. The second-order valence-corrected chi connectivity index (χ2v) is 19.2. The van der Waals surface area contributed by atoms with Crippen molar-refractivity contribution in [1.29, 1.82) is 0 Å². The fraction of sp³-hybridized carbons (Fsp3) is 0.328. The Bertz CT molecular complexity index is 2960. The third-order valence-corrected chi connectivity index (χ3v) is 13.7. The van der Waals surface area contributed by atoms with E-state index in [1.807, 2.05) is 60.7 Å². The Kier molecular flexibility index (Phi) is 19.0. The van der Waals surface area contributed by atoms with Gasteiger partial charge in [-0.25, -0.2) is 4.79 Å². The molecule has 402 valence electrons. The van der Waals surface area contributed by atoms with Gasteiger partial charge in [0.05, 0.1) is 6.54 Å². The van der Waals surface area contributed by atoms with Gasteiger partial charge in [0.1, 0.15) is 54.7 Å². The molecule has 8 rings (SSSR count). The lowest BCUT2D eigenvalue weighted by atomic mass is 9.99. The summed E-state index contributed by atoms with van der Waals surface area (Å²) in [5.74, 6) is -3.76. The van der Waals surface area contributed by atoms with E-state index < -0.39 is 83.9 Å². The van der Waals surface area contributed by atoms with Crippen LogP contribution in [0.1, 0.15) is 59.5 Å². The molecule has 7 atom stereocenters. The first kappa shape index (κ1) is 54.7. The number of carbonyl (C=O) groups excluding carboxylic acids is 7. The molecule has 19 heteroatoms. The van der Waals surface area contributed by atoms with E-state index in [0.29, 0.717) is 54.0 Å². The molecule has 0 aliphatic carbocycles. The minimum atomic E-state index is -1.42. The number of carbonyl (C=O) groups is 7. The van der Waals surface area contributed by atoms with Crippen LogP contribution < -0.4 is 48.1 Å². The van der Waals surface area contributed by atoms with Crippen molar-refractivity contribution in [3.8, 4) is 5.75 Å². The van der Waals surface area contributed by atoms with Crippen molar-refractivity contribution in [3.05, 3.63) is 174 Å². The lowest BCUT2D eigenvalue weighted by Gasteiger charge is -2.32. The lowest BCUT2D eigenvalue weighted by Crippen LogP contribution is -2.61. The number of amides is 7. The molecule has 0 radical (unpaired) electrons. The topological polar surface area (TPSA) is 281 Å². The fourth-order valence-corrected chi connectivity index (χ4v) is 9.65. The standard InChI is InChI=1S/C58H66N10O9/c59-27-13-12-22-46-52(69)64-47(30-38-23-25-42(26-24-38)76-36-39-16-6-2-7-17-39)53(70)66-49(31-37-14-4-1-5-15-37)57(74)68-35-43(77-58(75)61-29-28-60)33-50(68)55(72)67-51(40-18-8-3-9-19-40)56(73)65-48(54(71)63-46)32-41-34-62-45-21-11-10-20-44(41)45/h1-11,14-21,23-26,34,43,46-51,62H,12-13,22,27-33,35-36,59-60H2,(H,61,75)(H,63,71)(H,64,69)(H,65,73)(H,66,70)(H,67,72)/t43-,46+,47+,48?,49+,50+,51+/m1/s1. The first-order chi connectivity index (χ1) is 37.5. The quantitative estimate of drug-likeness (QED) is 0.0598. The summed E-state index contributed by atoms with van der Waals surface area (Å²) in [5.41, 5.74) is 15.7. The van der Waals surface area contributed by atoms with Crippen molar-refractivity contribution >= 4 is 52.4 Å². The van der Waals surface area contributed by atoms with Gasteiger partial charge in [-0.1, -0.05) is 121 Å². The summed E-state index contributed by atoms with van der Waals surface area (Å²) in [6, 6.07) is 33.6. The Morgan fingerprint density at radius 2 is 1.17 bits per heavy atom. The SMILES string of the molecule is NCCCC[C@@H]1NC(=O)C(Cc2c[nH]c3ccccc23)NC(=O)[C@H](c2ccccc2)NC(=O)[C@@H]2C[C@@H](OC(=O)NCCN)CN2C(=O)[C@H](Cc2ccccc2)NC(=O)[C@H](Cc2ccc(OCc3ccccc3)cc2)NC1=O. The van der Waals surface area contributed by atoms with E-state index in [0.717, 1.165) is 16.5 Å². The zero-order chi connectivity index (χ0) is 54.1. The number of hydrogen-bond acceptors (Lipinski definition) is 11. The van der Waals surface area contributed by atoms with Gasteiger partial charge in [-0.2, -0.15) is 0 Å². The number of H-pyrrole nitrogens is 1. The zero-order valence-electron chi connectivity index (χ0n) is 42.7. The number of rotatable bonds is 17. The van der Waals surface area contributed by atoms with Crippen LogP contribution in [0.15, 0.2) is 146 Å². The van der Waals surface area contributed by atoms with Crippen LogP contribution in [-0.4, -0.2) is 114 Å². The molecule has 0 saturated carbocycles. The van der Waals surface area contributed by atoms with Crippen LogP contribution in [0.25, 0.3) is 10.9 Å². The highest BCUT2D eigenvalue weighted by Crippen LogP contribution is 2.26. The number of alkyl carbamates (subject to hydrolysis) is 1. The maximum Gasteiger partial charge on any atom is 0.407 e. The third kappa shape index (κ3) is 14.9. The molecule has 77 heavy (non-hydrogen) atoms. The number of nitrogens with two attached hydrogens (primary N) is 2. The van der Waals surface area contributed by atoms with Crippen molar-refractivity contribution < 1.29 is 43.0 Å². The van der Waals surface area contributed by atoms with Gasteiger partial charge >= 0.3 is 6.09 Å². The first-order valence-corrected chi connectivity index (χ1v) is 26.0. The van der Waals surface area contributed by atoms with Crippen molar-refractivity contribution in [1.82, 2.24) is 41.8 Å². The van der Waals surface area contributed by atoms with Gasteiger partial charge in [0.15, 0.2) is 0 Å². The molecular weight excluding hydrogens is 981 g/mol. The number of para-hydroxylation sites is 1. The van der Waals surface area contributed by atoms with Crippen molar-refractivity contribution in [3.63, 3.8) is 0 Å². The molecule has 1 unspecified atom stereocenters. The van der Waals surface area contributed by atoms with Gasteiger partial charge in [0.2, 0.25) is 35.4 Å². The predicted molar refractivity (Wildman–Crippen MR) is 288 cm³/mol. The van der Waals surface area contributed by atoms with E-state index in [1.165, 1.54) is 4.90 Å². The highest BCUT2D eigenvalue weighted by Gasteiger charge is 2.45. The van der Waals surface area contributed by atoms with E-state index >= 15 is 9.59 Å². The smallest absolute Gasteiger partial charge is 0.407 e. The summed E-state index contributed by atoms with van der Waals surface area (Å²) in [6.45, 7) is 0.617.